The van der Waals surface area contributed by atoms with Crippen molar-refractivity contribution in [2.75, 3.05) is 13.1 Å². The summed E-state index contributed by atoms with van der Waals surface area (Å²) in [4.78, 5) is 12.9. The molecular formula is C14H18ClNO3. The molecule has 19 heavy (non-hydrogen) atoms. The summed E-state index contributed by atoms with van der Waals surface area (Å²) in [5, 5.41) is 19.2. The predicted octanol–water partition coefficient (Wildman–Crippen LogP) is 2.73. The Morgan fingerprint density at radius 1 is 1.47 bits per heavy atom. The highest BCUT2D eigenvalue weighted by Gasteiger charge is 2.23. The largest absolute Gasteiger partial charge is 0.508 e. The van der Waals surface area contributed by atoms with Crippen LogP contribution in [-0.2, 0) is 11.3 Å². The van der Waals surface area contributed by atoms with E-state index in [2.05, 4.69) is 4.90 Å². The lowest BCUT2D eigenvalue weighted by atomic mass is 9.94. The van der Waals surface area contributed by atoms with Crippen LogP contribution in [0.25, 0.3) is 0 Å². The van der Waals surface area contributed by atoms with Crippen molar-refractivity contribution in [3.8, 4) is 5.75 Å². The maximum absolute atomic E-state index is 10.8. The fraction of sp³-hybridized carbons (Fsp3) is 0.500. The number of aliphatic carboxylic acids is 1. The highest BCUT2D eigenvalue weighted by atomic mass is 35.5. The van der Waals surface area contributed by atoms with E-state index in [1.165, 1.54) is 0 Å². The third-order valence-corrected chi connectivity index (χ3v) is 3.90. The van der Waals surface area contributed by atoms with Crippen molar-refractivity contribution >= 4 is 17.6 Å². The number of carboxylic acid groups (broad SMARTS) is 1. The van der Waals surface area contributed by atoms with Crippen LogP contribution in [0, 0.1) is 5.92 Å². The molecule has 1 atom stereocenters. The Kier molecular flexibility index (Phi) is 4.66. The Balaban J connectivity index is 2.01. The Bertz CT molecular complexity index is 444. The third kappa shape index (κ3) is 3.85. The van der Waals surface area contributed by atoms with Gasteiger partial charge in [0.1, 0.15) is 5.75 Å². The second kappa shape index (κ2) is 6.26. The molecule has 4 nitrogen and oxygen atoms in total. The number of piperidine rings is 1. The molecule has 1 aliphatic rings. The molecule has 0 spiro atoms. The summed E-state index contributed by atoms with van der Waals surface area (Å²) in [7, 11) is 0. The second-order valence-corrected chi connectivity index (χ2v) is 5.49. The van der Waals surface area contributed by atoms with Gasteiger partial charge in [0.25, 0.3) is 0 Å². The average molecular weight is 284 g/mol. The standard InChI is InChI=1S/C14H18ClNO3/c15-12-4-1-5-13(17)11(12)9-16-6-2-3-10(8-16)7-14(18)19/h1,4-5,10,17H,2-3,6-9H2,(H,18,19). The van der Waals surface area contributed by atoms with E-state index in [-0.39, 0.29) is 18.1 Å². The summed E-state index contributed by atoms with van der Waals surface area (Å²) < 4.78 is 0. The zero-order chi connectivity index (χ0) is 13.8. The molecule has 0 bridgehead atoms. The number of benzene rings is 1. The normalized spacial score (nSPS) is 20.4. The number of carbonyl (C=O) groups is 1. The number of aromatic hydroxyl groups is 1. The first-order valence-electron chi connectivity index (χ1n) is 6.46. The Morgan fingerprint density at radius 3 is 2.95 bits per heavy atom. The van der Waals surface area contributed by atoms with Gasteiger partial charge in [-0.25, -0.2) is 0 Å². The van der Waals surface area contributed by atoms with Gasteiger partial charge in [0.15, 0.2) is 0 Å². The molecule has 0 radical (unpaired) electrons. The Hall–Kier alpha value is -1.26. The van der Waals surface area contributed by atoms with Crippen LogP contribution in [-0.4, -0.2) is 34.2 Å². The van der Waals surface area contributed by atoms with Gasteiger partial charge in [-0.05, 0) is 37.4 Å². The number of nitrogens with zero attached hydrogens (tertiary/aromatic N) is 1. The highest BCUT2D eigenvalue weighted by molar-refractivity contribution is 6.31. The van der Waals surface area contributed by atoms with Gasteiger partial charge in [0.2, 0.25) is 0 Å². The quantitative estimate of drug-likeness (QED) is 0.892. The smallest absolute Gasteiger partial charge is 0.303 e. The van der Waals surface area contributed by atoms with E-state index in [0.29, 0.717) is 11.6 Å². The topological polar surface area (TPSA) is 60.8 Å². The average Bonchev–Trinajstić information content (AvgIpc) is 2.34. The zero-order valence-corrected chi connectivity index (χ0v) is 11.4. The van der Waals surface area contributed by atoms with Crippen LogP contribution in [0.15, 0.2) is 18.2 Å². The van der Waals surface area contributed by atoms with E-state index in [1.54, 1.807) is 18.2 Å². The van der Waals surface area contributed by atoms with Gasteiger partial charge >= 0.3 is 5.97 Å². The van der Waals surface area contributed by atoms with Crippen molar-refractivity contribution in [2.45, 2.75) is 25.8 Å². The van der Waals surface area contributed by atoms with Crippen LogP contribution in [0.4, 0.5) is 0 Å². The summed E-state index contributed by atoms with van der Waals surface area (Å²) in [6.07, 6.45) is 2.16. The van der Waals surface area contributed by atoms with E-state index in [1.807, 2.05) is 0 Å². The Morgan fingerprint density at radius 2 is 2.26 bits per heavy atom. The van der Waals surface area contributed by atoms with Gasteiger partial charge in [-0.2, -0.15) is 0 Å². The third-order valence-electron chi connectivity index (χ3n) is 3.54. The Labute approximate surface area is 117 Å². The fourth-order valence-electron chi connectivity index (χ4n) is 2.64. The number of hydrogen-bond acceptors (Lipinski definition) is 3. The molecule has 104 valence electrons. The number of halogens is 1. The molecule has 0 aromatic heterocycles. The molecule has 1 aliphatic heterocycles. The first-order chi connectivity index (χ1) is 9.06. The number of phenolic OH excluding ortho intramolecular Hbond substituents is 1. The van der Waals surface area contributed by atoms with Gasteiger partial charge in [-0.3, -0.25) is 9.69 Å². The van der Waals surface area contributed by atoms with Crippen LogP contribution in [0.5, 0.6) is 5.75 Å². The van der Waals surface area contributed by atoms with Crippen LogP contribution in [0.1, 0.15) is 24.8 Å². The maximum Gasteiger partial charge on any atom is 0.303 e. The molecule has 1 aromatic rings. The maximum atomic E-state index is 10.8. The summed E-state index contributed by atoms with van der Waals surface area (Å²) in [6.45, 7) is 2.24. The first kappa shape index (κ1) is 14.2. The lowest BCUT2D eigenvalue weighted by Gasteiger charge is -2.32. The van der Waals surface area contributed by atoms with E-state index in [4.69, 9.17) is 16.7 Å². The minimum atomic E-state index is -0.743. The van der Waals surface area contributed by atoms with Crippen LogP contribution < -0.4 is 0 Å². The molecule has 1 aromatic carbocycles. The molecule has 0 amide bonds. The number of hydrogen-bond donors (Lipinski definition) is 2. The molecule has 1 unspecified atom stereocenters. The van der Waals surface area contributed by atoms with Crippen molar-refractivity contribution in [1.29, 1.82) is 0 Å². The van der Waals surface area contributed by atoms with Gasteiger partial charge in [-0.1, -0.05) is 17.7 Å². The SMILES string of the molecule is O=C(O)CC1CCCN(Cc2c(O)cccc2Cl)C1. The zero-order valence-electron chi connectivity index (χ0n) is 10.7. The van der Waals surface area contributed by atoms with Crippen molar-refractivity contribution in [3.05, 3.63) is 28.8 Å². The summed E-state index contributed by atoms with van der Waals surface area (Å²) in [5.41, 5.74) is 0.722. The molecule has 2 N–H and O–H groups in total. The molecular weight excluding hydrogens is 266 g/mol. The molecule has 1 fully saturated rings. The predicted molar refractivity (Wildman–Crippen MR) is 73.4 cm³/mol. The number of rotatable bonds is 4. The molecule has 0 saturated carbocycles. The van der Waals surface area contributed by atoms with Gasteiger partial charge in [-0.15, -0.1) is 0 Å². The van der Waals surface area contributed by atoms with Crippen LogP contribution >= 0.6 is 11.6 Å². The number of carboxylic acids is 1. The lowest BCUT2D eigenvalue weighted by molar-refractivity contribution is -0.138. The number of phenols is 1. The molecule has 5 heteroatoms. The first-order valence-corrected chi connectivity index (χ1v) is 6.84. The summed E-state index contributed by atoms with van der Waals surface area (Å²) >= 11 is 6.09. The molecule has 0 aliphatic carbocycles. The highest BCUT2D eigenvalue weighted by Crippen LogP contribution is 2.29. The van der Waals surface area contributed by atoms with Crippen molar-refractivity contribution in [2.24, 2.45) is 5.92 Å². The van der Waals surface area contributed by atoms with E-state index < -0.39 is 5.97 Å². The van der Waals surface area contributed by atoms with Crippen molar-refractivity contribution in [3.63, 3.8) is 0 Å². The van der Waals surface area contributed by atoms with Gasteiger partial charge in [0.05, 0.1) is 0 Å². The molecule has 1 saturated heterocycles. The van der Waals surface area contributed by atoms with Crippen molar-refractivity contribution in [1.82, 2.24) is 4.90 Å². The second-order valence-electron chi connectivity index (χ2n) is 5.08. The van der Waals surface area contributed by atoms with Gasteiger partial charge < -0.3 is 10.2 Å². The minimum absolute atomic E-state index is 0.191. The minimum Gasteiger partial charge on any atom is -0.508 e. The van der Waals surface area contributed by atoms with Gasteiger partial charge in [0, 0.05) is 30.1 Å². The summed E-state index contributed by atoms with van der Waals surface area (Å²) in [6, 6.07) is 5.10. The molecule has 2 rings (SSSR count). The lowest BCUT2D eigenvalue weighted by Crippen LogP contribution is -2.35. The monoisotopic (exact) mass is 283 g/mol. The van der Waals surface area contributed by atoms with E-state index in [9.17, 15) is 9.90 Å². The van der Waals surface area contributed by atoms with Crippen LogP contribution in [0.3, 0.4) is 0 Å². The number of likely N-dealkylation sites (tertiary alicyclic amines) is 1. The van der Waals surface area contributed by atoms with Crippen molar-refractivity contribution < 1.29 is 15.0 Å². The molecule has 1 heterocycles. The fourth-order valence-corrected chi connectivity index (χ4v) is 2.87. The van der Waals surface area contributed by atoms with Crippen LogP contribution in [0.2, 0.25) is 5.02 Å². The summed E-state index contributed by atoms with van der Waals surface area (Å²) in [5.74, 6) is -0.351. The van der Waals surface area contributed by atoms with E-state index >= 15 is 0 Å². The van der Waals surface area contributed by atoms with E-state index in [0.717, 1.165) is 31.5 Å².